The van der Waals surface area contributed by atoms with Gasteiger partial charge in [-0.15, -0.1) is 0 Å². The van der Waals surface area contributed by atoms with Crippen LogP contribution in [0.25, 0.3) is 0 Å². The van der Waals surface area contributed by atoms with E-state index in [2.05, 4.69) is 13.8 Å². The molecule has 2 aliphatic rings. The van der Waals surface area contributed by atoms with Crippen LogP contribution >= 0.6 is 0 Å². The van der Waals surface area contributed by atoms with Crippen molar-refractivity contribution in [2.45, 2.75) is 64.6 Å². The van der Waals surface area contributed by atoms with Crippen molar-refractivity contribution in [2.75, 3.05) is 13.2 Å². The van der Waals surface area contributed by atoms with Crippen LogP contribution < -0.4 is 0 Å². The van der Waals surface area contributed by atoms with Crippen LogP contribution in [0.2, 0.25) is 0 Å². The van der Waals surface area contributed by atoms with E-state index in [-0.39, 0.29) is 0 Å². The van der Waals surface area contributed by atoms with Crippen molar-refractivity contribution in [1.29, 1.82) is 0 Å². The van der Waals surface area contributed by atoms with E-state index in [1.54, 1.807) is 0 Å². The Balaban J connectivity index is 1.68. The Morgan fingerprint density at radius 3 is 2.00 bits per heavy atom. The summed E-state index contributed by atoms with van der Waals surface area (Å²) >= 11 is 0. The smallest absolute Gasteiger partial charge is 0.0622 e. The Bertz CT molecular complexity index is 189. The minimum atomic E-state index is 0.481. The van der Waals surface area contributed by atoms with Crippen molar-refractivity contribution in [1.82, 2.24) is 0 Å². The first-order chi connectivity index (χ1) is 7.75. The highest BCUT2D eigenvalue weighted by Gasteiger charge is 2.26. The van der Waals surface area contributed by atoms with Crippen LogP contribution in [0.5, 0.6) is 0 Å². The van der Waals surface area contributed by atoms with Gasteiger partial charge in [0.25, 0.3) is 0 Å². The molecule has 1 aliphatic carbocycles. The van der Waals surface area contributed by atoms with Crippen molar-refractivity contribution < 1.29 is 9.47 Å². The van der Waals surface area contributed by atoms with Gasteiger partial charge in [0.1, 0.15) is 0 Å². The maximum Gasteiger partial charge on any atom is 0.0622 e. The molecule has 1 saturated heterocycles. The molecule has 0 aromatic heterocycles. The third-order valence-electron chi connectivity index (χ3n) is 4.21. The minimum Gasteiger partial charge on any atom is -0.381 e. The van der Waals surface area contributed by atoms with E-state index >= 15 is 0 Å². The van der Waals surface area contributed by atoms with Gasteiger partial charge in [0.2, 0.25) is 0 Å². The fraction of sp³-hybridized carbons (Fsp3) is 1.00. The van der Waals surface area contributed by atoms with E-state index in [0.717, 1.165) is 37.9 Å². The Morgan fingerprint density at radius 2 is 1.44 bits per heavy atom. The quantitative estimate of drug-likeness (QED) is 0.734. The summed E-state index contributed by atoms with van der Waals surface area (Å²) in [6.07, 6.45) is 8.51. The van der Waals surface area contributed by atoms with Gasteiger partial charge in [-0.25, -0.2) is 0 Å². The van der Waals surface area contributed by atoms with Crippen LogP contribution in [-0.4, -0.2) is 25.4 Å². The lowest BCUT2D eigenvalue weighted by Crippen LogP contribution is -2.31. The van der Waals surface area contributed by atoms with Crippen LogP contribution in [0.4, 0.5) is 0 Å². The molecule has 94 valence electrons. The number of hydrogen-bond donors (Lipinski definition) is 0. The fourth-order valence-corrected chi connectivity index (χ4v) is 2.98. The second-order valence-electron chi connectivity index (χ2n) is 5.73. The maximum atomic E-state index is 6.18. The molecule has 0 aromatic rings. The van der Waals surface area contributed by atoms with E-state index in [9.17, 15) is 0 Å². The number of ether oxygens (including phenoxy) is 2. The molecule has 2 rings (SSSR count). The van der Waals surface area contributed by atoms with Crippen molar-refractivity contribution in [3.05, 3.63) is 0 Å². The van der Waals surface area contributed by atoms with Gasteiger partial charge < -0.3 is 9.47 Å². The molecule has 2 nitrogen and oxygen atoms in total. The highest BCUT2D eigenvalue weighted by atomic mass is 16.5. The summed E-state index contributed by atoms with van der Waals surface area (Å²) in [5.74, 6) is 1.79. The summed E-state index contributed by atoms with van der Waals surface area (Å²) < 4.78 is 11.5. The molecule has 0 N–H and O–H groups in total. The molecule has 0 spiro atoms. The molecule has 2 heteroatoms. The normalized spacial score (nSPS) is 33.2. The molecule has 0 radical (unpaired) electrons. The van der Waals surface area contributed by atoms with Gasteiger partial charge in [0, 0.05) is 13.2 Å². The third-order valence-corrected chi connectivity index (χ3v) is 4.21. The van der Waals surface area contributed by atoms with Gasteiger partial charge >= 0.3 is 0 Å². The average molecular weight is 226 g/mol. The second-order valence-corrected chi connectivity index (χ2v) is 5.73. The lowest BCUT2D eigenvalue weighted by atomic mass is 9.80. The lowest BCUT2D eigenvalue weighted by molar-refractivity contribution is -0.0832. The van der Waals surface area contributed by atoms with Gasteiger partial charge in [-0.2, -0.15) is 0 Å². The number of hydrogen-bond acceptors (Lipinski definition) is 2. The van der Waals surface area contributed by atoms with Crippen LogP contribution in [0.1, 0.15) is 52.4 Å². The van der Waals surface area contributed by atoms with Gasteiger partial charge in [-0.3, -0.25) is 0 Å². The van der Waals surface area contributed by atoms with Gasteiger partial charge in [0.05, 0.1) is 12.2 Å². The van der Waals surface area contributed by atoms with E-state index in [1.807, 2.05) is 0 Å². The molecular formula is C14H26O2. The van der Waals surface area contributed by atoms with Crippen molar-refractivity contribution in [2.24, 2.45) is 11.8 Å². The van der Waals surface area contributed by atoms with Crippen molar-refractivity contribution in [3.8, 4) is 0 Å². The zero-order valence-corrected chi connectivity index (χ0v) is 10.8. The Kier molecular flexibility index (Phi) is 4.66. The molecule has 0 bridgehead atoms. The summed E-state index contributed by atoms with van der Waals surface area (Å²) in [6, 6.07) is 0. The average Bonchev–Trinajstić information content (AvgIpc) is 2.31. The maximum absolute atomic E-state index is 6.18. The SMILES string of the molecule is CC(C)C1CCC(OC2CCOCC2)CC1. The molecule has 0 unspecified atom stereocenters. The first-order valence-electron chi connectivity index (χ1n) is 6.99. The lowest BCUT2D eigenvalue weighted by Gasteiger charge is -2.34. The zero-order chi connectivity index (χ0) is 11.4. The van der Waals surface area contributed by atoms with Gasteiger partial charge in [-0.05, 0) is 50.4 Å². The molecule has 1 heterocycles. The highest BCUT2D eigenvalue weighted by Crippen LogP contribution is 2.32. The highest BCUT2D eigenvalue weighted by molar-refractivity contribution is 4.76. The Labute approximate surface area is 99.7 Å². The standard InChI is InChI=1S/C14H26O2/c1-11(2)12-3-5-13(6-4-12)16-14-7-9-15-10-8-14/h11-14H,3-10H2,1-2H3. The van der Waals surface area contributed by atoms with Gasteiger partial charge in [0.15, 0.2) is 0 Å². The van der Waals surface area contributed by atoms with Gasteiger partial charge in [-0.1, -0.05) is 13.8 Å². The molecule has 16 heavy (non-hydrogen) atoms. The van der Waals surface area contributed by atoms with Crippen molar-refractivity contribution >= 4 is 0 Å². The fourth-order valence-electron chi connectivity index (χ4n) is 2.98. The molecule has 0 aromatic carbocycles. The van der Waals surface area contributed by atoms with E-state index in [4.69, 9.17) is 9.47 Å². The van der Waals surface area contributed by atoms with E-state index < -0.39 is 0 Å². The number of rotatable bonds is 3. The first-order valence-corrected chi connectivity index (χ1v) is 6.99. The zero-order valence-electron chi connectivity index (χ0n) is 10.8. The first kappa shape index (κ1) is 12.4. The Morgan fingerprint density at radius 1 is 0.875 bits per heavy atom. The van der Waals surface area contributed by atoms with Crippen LogP contribution in [0, 0.1) is 11.8 Å². The van der Waals surface area contributed by atoms with Crippen LogP contribution in [0.15, 0.2) is 0 Å². The largest absolute Gasteiger partial charge is 0.381 e. The third kappa shape index (κ3) is 3.46. The predicted octanol–water partition coefficient (Wildman–Crippen LogP) is 3.40. The molecule has 0 amide bonds. The van der Waals surface area contributed by atoms with Crippen molar-refractivity contribution in [3.63, 3.8) is 0 Å². The second kappa shape index (κ2) is 6.02. The monoisotopic (exact) mass is 226 g/mol. The molecule has 2 fully saturated rings. The molecule has 1 aliphatic heterocycles. The molecule has 1 saturated carbocycles. The van der Waals surface area contributed by atoms with E-state index in [0.29, 0.717) is 12.2 Å². The summed E-state index contributed by atoms with van der Waals surface area (Å²) in [7, 11) is 0. The minimum absolute atomic E-state index is 0.481. The topological polar surface area (TPSA) is 18.5 Å². The van der Waals surface area contributed by atoms with Crippen LogP contribution in [0.3, 0.4) is 0 Å². The summed E-state index contributed by atoms with van der Waals surface area (Å²) in [4.78, 5) is 0. The molecule has 0 atom stereocenters. The summed E-state index contributed by atoms with van der Waals surface area (Å²) in [5, 5.41) is 0. The van der Waals surface area contributed by atoms with Crippen LogP contribution in [-0.2, 0) is 9.47 Å². The molecular weight excluding hydrogens is 200 g/mol. The van der Waals surface area contributed by atoms with E-state index in [1.165, 1.54) is 25.7 Å². The Hall–Kier alpha value is -0.0800. The summed E-state index contributed by atoms with van der Waals surface area (Å²) in [6.45, 7) is 6.49. The predicted molar refractivity (Wildman–Crippen MR) is 65.5 cm³/mol. The summed E-state index contributed by atoms with van der Waals surface area (Å²) in [5.41, 5.74) is 0.